The molecule has 1 N–H and O–H groups in total. The highest BCUT2D eigenvalue weighted by Gasteiger charge is 2.19. The second-order valence-corrected chi connectivity index (χ2v) is 4.98. The van der Waals surface area contributed by atoms with Crippen LogP contribution in [0.3, 0.4) is 0 Å². The smallest absolute Gasteiger partial charge is 0.221 e. The van der Waals surface area contributed by atoms with Gasteiger partial charge in [-0.05, 0) is 38.0 Å². The van der Waals surface area contributed by atoms with Crippen LogP contribution in [0.25, 0.3) is 0 Å². The van der Waals surface area contributed by atoms with Crippen LogP contribution >= 0.6 is 0 Å². The fourth-order valence-corrected chi connectivity index (χ4v) is 2.28. The molecule has 18 heavy (non-hydrogen) atoms. The molecule has 1 heterocycles. The van der Waals surface area contributed by atoms with E-state index in [2.05, 4.69) is 10.2 Å². The van der Waals surface area contributed by atoms with Gasteiger partial charge in [-0.15, -0.1) is 0 Å². The molecule has 98 valence electrons. The Labute approximate surface area is 107 Å². The van der Waals surface area contributed by atoms with E-state index in [1.54, 1.807) is 6.07 Å². The van der Waals surface area contributed by atoms with Crippen LogP contribution in [0.15, 0.2) is 18.2 Å². The van der Waals surface area contributed by atoms with E-state index in [0.717, 1.165) is 18.7 Å². The number of rotatable bonds is 4. The number of nitrogens with zero attached hydrogens (tertiary/aromatic N) is 1. The highest BCUT2D eigenvalue weighted by molar-refractivity contribution is 5.77. The molecule has 1 amide bonds. The topological polar surface area (TPSA) is 32.3 Å². The van der Waals surface area contributed by atoms with Crippen molar-refractivity contribution in [2.75, 3.05) is 18.0 Å². The van der Waals surface area contributed by atoms with Gasteiger partial charge in [0.25, 0.3) is 0 Å². The number of amides is 1. The Hall–Kier alpha value is -1.58. The summed E-state index contributed by atoms with van der Waals surface area (Å²) in [6.45, 7) is 5.40. The molecule has 1 aliphatic rings. The van der Waals surface area contributed by atoms with Gasteiger partial charge in [-0.25, -0.2) is 4.39 Å². The van der Waals surface area contributed by atoms with E-state index in [9.17, 15) is 9.18 Å². The van der Waals surface area contributed by atoms with Crippen molar-refractivity contribution in [3.8, 4) is 0 Å². The fraction of sp³-hybridized carbons (Fsp3) is 0.500. The van der Waals surface area contributed by atoms with Gasteiger partial charge in [0, 0.05) is 31.2 Å². The minimum absolute atomic E-state index is 0.0508. The van der Waals surface area contributed by atoms with Crippen molar-refractivity contribution in [2.45, 2.75) is 32.7 Å². The van der Waals surface area contributed by atoms with E-state index >= 15 is 0 Å². The van der Waals surface area contributed by atoms with Crippen molar-refractivity contribution in [1.82, 2.24) is 5.32 Å². The number of hydrogen-bond acceptors (Lipinski definition) is 2. The van der Waals surface area contributed by atoms with Crippen LogP contribution in [0.5, 0.6) is 0 Å². The lowest BCUT2D eigenvalue weighted by molar-refractivity contribution is -0.121. The van der Waals surface area contributed by atoms with Gasteiger partial charge in [-0.2, -0.15) is 0 Å². The monoisotopic (exact) mass is 250 g/mol. The van der Waals surface area contributed by atoms with Crippen molar-refractivity contribution < 1.29 is 9.18 Å². The molecule has 4 heteroatoms. The molecule has 0 spiro atoms. The number of carbonyl (C=O) groups excluding carboxylic acids is 1. The molecule has 2 rings (SSSR count). The third-order valence-electron chi connectivity index (χ3n) is 3.10. The lowest BCUT2D eigenvalue weighted by Crippen LogP contribution is -2.33. The summed E-state index contributed by atoms with van der Waals surface area (Å²) in [5.74, 6) is -0.165. The molecule has 0 bridgehead atoms. The second-order valence-electron chi connectivity index (χ2n) is 4.98. The third kappa shape index (κ3) is 3.00. The van der Waals surface area contributed by atoms with E-state index in [1.807, 2.05) is 19.9 Å². The van der Waals surface area contributed by atoms with Crippen molar-refractivity contribution in [3.05, 3.63) is 29.6 Å². The van der Waals surface area contributed by atoms with Gasteiger partial charge in [-0.1, -0.05) is 6.07 Å². The first-order valence-corrected chi connectivity index (χ1v) is 6.39. The highest BCUT2D eigenvalue weighted by atomic mass is 19.1. The van der Waals surface area contributed by atoms with Crippen molar-refractivity contribution in [1.29, 1.82) is 0 Å². The summed E-state index contributed by atoms with van der Waals surface area (Å²) < 4.78 is 13.2. The number of carbonyl (C=O) groups is 1. The van der Waals surface area contributed by atoms with E-state index in [0.29, 0.717) is 13.0 Å². The van der Waals surface area contributed by atoms with Gasteiger partial charge in [-0.3, -0.25) is 4.79 Å². The third-order valence-corrected chi connectivity index (χ3v) is 3.10. The number of anilines is 1. The molecule has 0 aliphatic carbocycles. The Kier molecular flexibility index (Phi) is 3.84. The van der Waals surface area contributed by atoms with Gasteiger partial charge in [0.05, 0.1) is 0 Å². The predicted octanol–water partition coefficient (Wildman–Crippen LogP) is 2.10. The van der Waals surface area contributed by atoms with Crippen molar-refractivity contribution in [2.24, 2.45) is 0 Å². The average molecular weight is 250 g/mol. The van der Waals surface area contributed by atoms with E-state index < -0.39 is 0 Å². The Morgan fingerprint density at radius 3 is 3.00 bits per heavy atom. The molecule has 0 fully saturated rings. The molecular weight excluding hydrogens is 231 g/mol. The molecule has 0 aromatic heterocycles. The number of hydrogen-bond donors (Lipinski definition) is 1. The lowest BCUT2D eigenvalue weighted by Gasteiger charge is -2.19. The molecule has 0 saturated carbocycles. The minimum Gasteiger partial charge on any atom is -0.370 e. The largest absolute Gasteiger partial charge is 0.370 e. The van der Waals surface area contributed by atoms with Gasteiger partial charge < -0.3 is 10.2 Å². The first-order chi connectivity index (χ1) is 8.56. The molecule has 0 unspecified atom stereocenters. The van der Waals surface area contributed by atoms with Gasteiger partial charge >= 0.3 is 0 Å². The summed E-state index contributed by atoms with van der Waals surface area (Å²) in [4.78, 5) is 13.7. The highest BCUT2D eigenvalue weighted by Crippen LogP contribution is 2.28. The maximum Gasteiger partial charge on any atom is 0.221 e. The quantitative estimate of drug-likeness (QED) is 0.887. The van der Waals surface area contributed by atoms with Crippen molar-refractivity contribution in [3.63, 3.8) is 0 Å². The normalized spacial score (nSPS) is 13.9. The minimum atomic E-state index is -0.215. The van der Waals surface area contributed by atoms with Gasteiger partial charge in [0.15, 0.2) is 0 Å². The van der Waals surface area contributed by atoms with Crippen LogP contribution in [0.1, 0.15) is 25.8 Å². The van der Waals surface area contributed by atoms with Crippen LogP contribution < -0.4 is 10.2 Å². The molecule has 0 radical (unpaired) electrons. The molecule has 1 aromatic carbocycles. The maximum atomic E-state index is 13.2. The van der Waals surface area contributed by atoms with Gasteiger partial charge in [0.1, 0.15) is 5.82 Å². The molecular formula is C14H19FN2O. The van der Waals surface area contributed by atoms with Crippen molar-refractivity contribution >= 4 is 11.6 Å². The van der Waals surface area contributed by atoms with E-state index in [4.69, 9.17) is 0 Å². The zero-order valence-electron chi connectivity index (χ0n) is 10.9. The number of nitrogens with one attached hydrogen (secondary N) is 1. The Balaban J connectivity index is 1.93. The predicted molar refractivity (Wildman–Crippen MR) is 70.2 cm³/mol. The zero-order valence-corrected chi connectivity index (χ0v) is 10.9. The Morgan fingerprint density at radius 2 is 2.28 bits per heavy atom. The SMILES string of the molecule is CC(C)NC(=O)CCN1CCc2ccc(F)cc21. The van der Waals surface area contributed by atoms with Gasteiger partial charge in [0.2, 0.25) is 5.91 Å². The zero-order chi connectivity index (χ0) is 13.1. The summed E-state index contributed by atoms with van der Waals surface area (Å²) in [7, 11) is 0. The summed E-state index contributed by atoms with van der Waals surface area (Å²) in [5, 5.41) is 2.86. The first-order valence-electron chi connectivity index (χ1n) is 6.39. The van der Waals surface area contributed by atoms with Crippen LogP contribution in [-0.2, 0) is 11.2 Å². The number of halogens is 1. The number of fused-ring (bicyclic) bond motifs is 1. The van der Waals surface area contributed by atoms with E-state index in [-0.39, 0.29) is 17.8 Å². The maximum absolute atomic E-state index is 13.2. The molecule has 0 atom stereocenters. The lowest BCUT2D eigenvalue weighted by atomic mass is 10.2. The summed E-state index contributed by atoms with van der Waals surface area (Å²) in [6, 6.07) is 5.05. The average Bonchev–Trinajstić information content (AvgIpc) is 2.68. The van der Waals surface area contributed by atoms with E-state index in [1.165, 1.54) is 11.6 Å². The summed E-state index contributed by atoms with van der Waals surface area (Å²) >= 11 is 0. The molecule has 0 saturated heterocycles. The Morgan fingerprint density at radius 1 is 1.50 bits per heavy atom. The second kappa shape index (κ2) is 5.38. The number of benzene rings is 1. The molecule has 3 nitrogen and oxygen atoms in total. The molecule has 1 aromatic rings. The Bertz CT molecular complexity index is 445. The summed E-state index contributed by atoms with van der Waals surface area (Å²) in [5.41, 5.74) is 2.10. The van der Waals surface area contributed by atoms with Crippen LogP contribution in [0.2, 0.25) is 0 Å². The van der Waals surface area contributed by atoms with Crippen LogP contribution in [0.4, 0.5) is 10.1 Å². The first kappa shape index (κ1) is 12.9. The summed E-state index contributed by atoms with van der Waals surface area (Å²) in [6.07, 6.45) is 1.38. The van der Waals surface area contributed by atoms with Crippen LogP contribution in [-0.4, -0.2) is 25.0 Å². The molecule has 1 aliphatic heterocycles. The fourth-order valence-electron chi connectivity index (χ4n) is 2.28. The standard InChI is InChI=1S/C14H19FN2O/c1-10(2)16-14(18)6-8-17-7-5-11-3-4-12(15)9-13(11)17/h3-4,9-10H,5-8H2,1-2H3,(H,16,18). The van der Waals surface area contributed by atoms with Crippen LogP contribution in [0, 0.1) is 5.82 Å².